The van der Waals surface area contributed by atoms with Crippen LogP contribution in [0.25, 0.3) is 10.9 Å². The van der Waals surface area contributed by atoms with Crippen LogP contribution < -0.4 is 4.90 Å². The maximum absolute atomic E-state index is 13.4. The van der Waals surface area contributed by atoms with Gasteiger partial charge in [-0.25, -0.2) is 0 Å². The first-order valence-corrected chi connectivity index (χ1v) is 12.1. The number of halogens is 2. The van der Waals surface area contributed by atoms with Crippen molar-refractivity contribution in [3.63, 3.8) is 0 Å². The van der Waals surface area contributed by atoms with Crippen LogP contribution in [0.1, 0.15) is 36.0 Å². The van der Waals surface area contributed by atoms with Crippen LogP contribution in [0.4, 0.5) is 11.4 Å². The van der Waals surface area contributed by atoms with Gasteiger partial charge in [-0.1, -0.05) is 23.2 Å². The minimum Gasteiger partial charge on any atom is -0.371 e. The van der Waals surface area contributed by atoms with Crippen LogP contribution in [0.2, 0.25) is 10.0 Å². The van der Waals surface area contributed by atoms with Gasteiger partial charge < -0.3 is 9.80 Å². The summed E-state index contributed by atoms with van der Waals surface area (Å²) in [5, 5.41) is 12.9. The van der Waals surface area contributed by atoms with Gasteiger partial charge in [-0.05, 0) is 61.4 Å². The van der Waals surface area contributed by atoms with E-state index in [1.54, 1.807) is 18.3 Å². The van der Waals surface area contributed by atoms with Crippen LogP contribution in [0.5, 0.6) is 0 Å². The number of anilines is 1. The van der Waals surface area contributed by atoms with E-state index in [9.17, 15) is 14.9 Å². The number of nitro benzene ring substituents is 1. The average Bonchev–Trinajstić information content (AvgIpc) is 2.85. The number of piperidine rings is 2. The largest absolute Gasteiger partial charge is 0.371 e. The van der Waals surface area contributed by atoms with Gasteiger partial charge in [-0.2, -0.15) is 0 Å². The lowest BCUT2D eigenvalue weighted by Crippen LogP contribution is -2.48. The van der Waals surface area contributed by atoms with Crippen molar-refractivity contribution in [1.82, 2.24) is 9.88 Å². The number of pyridine rings is 1. The molecule has 9 heteroatoms. The van der Waals surface area contributed by atoms with Gasteiger partial charge in [-0.3, -0.25) is 19.9 Å². The smallest absolute Gasteiger partial charge is 0.270 e. The summed E-state index contributed by atoms with van der Waals surface area (Å²) in [5.74, 6) is -0.0870. The number of benzene rings is 2. The van der Waals surface area contributed by atoms with Crippen LogP contribution >= 0.6 is 23.2 Å². The molecule has 0 saturated carbocycles. The third-order valence-corrected chi connectivity index (χ3v) is 8.11. The first-order valence-electron chi connectivity index (χ1n) is 11.4. The summed E-state index contributed by atoms with van der Waals surface area (Å²) in [6, 6.07) is 11.9. The molecule has 3 heterocycles. The number of rotatable bonds is 3. The van der Waals surface area contributed by atoms with E-state index in [0.717, 1.165) is 44.5 Å². The summed E-state index contributed by atoms with van der Waals surface area (Å²) < 4.78 is 0. The maximum Gasteiger partial charge on any atom is 0.270 e. The first-order chi connectivity index (χ1) is 16.3. The third-order valence-electron chi connectivity index (χ3n) is 7.37. The molecule has 1 aromatic heterocycles. The molecule has 1 spiro atoms. The Morgan fingerprint density at radius 3 is 2.32 bits per heavy atom. The van der Waals surface area contributed by atoms with E-state index in [4.69, 9.17) is 23.2 Å². The van der Waals surface area contributed by atoms with E-state index in [0.29, 0.717) is 39.6 Å². The molecule has 0 radical (unpaired) electrons. The van der Waals surface area contributed by atoms with Crippen LogP contribution in [0.15, 0.2) is 48.7 Å². The summed E-state index contributed by atoms with van der Waals surface area (Å²) in [4.78, 5) is 32.6. The van der Waals surface area contributed by atoms with Gasteiger partial charge in [0.05, 0.1) is 26.0 Å². The van der Waals surface area contributed by atoms with E-state index in [1.807, 2.05) is 23.1 Å². The number of amides is 1. The number of hydrogen-bond acceptors (Lipinski definition) is 5. The summed E-state index contributed by atoms with van der Waals surface area (Å²) in [6.45, 7) is 3.27. The molecule has 34 heavy (non-hydrogen) atoms. The fraction of sp³-hybridized carbons (Fsp3) is 0.360. The highest BCUT2D eigenvalue weighted by atomic mass is 35.5. The highest BCUT2D eigenvalue weighted by molar-refractivity contribution is 6.42. The van der Waals surface area contributed by atoms with Crippen LogP contribution in [0.3, 0.4) is 0 Å². The topological polar surface area (TPSA) is 79.6 Å². The molecule has 0 bridgehead atoms. The standard InChI is InChI=1S/C25H24Cl2N4O3/c26-21-3-1-17(16-22(21)27)29-11-6-25(7-12-29)8-13-30(14-9-25)24(32)19-5-10-28-23-4-2-18(31(33)34)15-20(19)23/h1-5,10,15-16H,6-9,11-14H2. The number of fused-ring (bicyclic) bond motifs is 1. The average molecular weight is 499 g/mol. The minimum atomic E-state index is -0.449. The number of carbonyl (C=O) groups excluding carboxylic acids is 1. The lowest BCUT2D eigenvalue weighted by Gasteiger charge is -2.47. The molecule has 7 nitrogen and oxygen atoms in total. The normalized spacial score (nSPS) is 17.8. The summed E-state index contributed by atoms with van der Waals surface area (Å²) in [5.41, 5.74) is 2.35. The molecule has 1 amide bonds. The number of nitrogens with zero attached hydrogens (tertiary/aromatic N) is 4. The number of aromatic nitrogens is 1. The number of nitro groups is 1. The Bertz CT molecular complexity index is 1260. The lowest BCUT2D eigenvalue weighted by atomic mass is 9.71. The van der Waals surface area contributed by atoms with Gasteiger partial charge in [0.25, 0.3) is 11.6 Å². The Morgan fingerprint density at radius 2 is 1.65 bits per heavy atom. The molecule has 0 atom stereocenters. The predicted octanol–water partition coefficient (Wildman–Crippen LogP) is 5.97. The summed E-state index contributed by atoms with van der Waals surface area (Å²) in [6.07, 6.45) is 5.64. The molecule has 0 N–H and O–H groups in total. The summed E-state index contributed by atoms with van der Waals surface area (Å²) >= 11 is 12.3. The van der Waals surface area contributed by atoms with E-state index in [-0.39, 0.29) is 17.0 Å². The minimum absolute atomic E-state index is 0.0409. The Labute approximate surface area is 207 Å². The molecule has 3 aromatic rings. The Morgan fingerprint density at radius 1 is 0.941 bits per heavy atom. The predicted molar refractivity (Wildman–Crippen MR) is 134 cm³/mol. The zero-order valence-electron chi connectivity index (χ0n) is 18.5. The highest BCUT2D eigenvalue weighted by Gasteiger charge is 2.39. The zero-order valence-corrected chi connectivity index (χ0v) is 20.1. The molecule has 5 rings (SSSR count). The van der Waals surface area contributed by atoms with Crippen molar-refractivity contribution in [2.24, 2.45) is 5.41 Å². The van der Waals surface area contributed by atoms with Crippen LogP contribution in [0, 0.1) is 15.5 Å². The van der Waals surface area contributed by atoms with E-state index >= 15 is 0 Å². The highest BCUT2D eigenvalue weighted by Crippen LogP contribution is 2.43. The Kier molecular flexibility index (Phi) is 6.08. The van der Waals surface area contributed by atoms with Gasteiger partial charge >= 0.3 is 0 Å². The van der Waals surface area contributed by atoms with Gasteiger partial charge in [0.1, 0.15) is 0 Å². The van der Waals surface area contributed by atoms with Crippen molar-refractivity contribution in [3.8, 4) is 0 Å². The second kappa shape index (κ2) is 9.04. The maximum atomic E-state index is 13.4. The zero-order chi connectivity index (χ0) is 23.9. The molecule has 2 aliphatic heterocycles. The Hall–Kier alpha value is -2.90. The van der Waals surface area contributed by atoms with Gasteiger partial charge in [0, 0.05) is 55.6 Å². The second-order valence-electron chi connectivity index (χ2n) is 9.19. The SMILES string of the molecule is O=C(c1ccnc2ccc([N+](=O)[O-])cc12)N1CCC2(CC1)CCN(c1ccc(Cl)c(Cl)c1)CC2. The van der Waals surface area contributed by atoms with E-state index in [1.165, 1.54) is 12.1 Å². The Balaban J connectivity index is 1.26. The monoisotopic (exact) mass is 498 g/mol. The van der Waals surface area contributed by atoms with Crippen LogP contribution in [-0.4, -0.2) is 46.9 Å². The molecule has 176 valence electrons. The van der Waals surface area contributed by atoms with Crippen molar-refractivity contribution < 1.29 is 9.72 Å². The number of likely N-dealkylation sites (tertiary alicyclic amines) is 1. The first kappa shape index (κ1) is 22.9. The number of non-ortho nitro benzene ring substituents is 1. The molecule has 0 unspecified atom stereocenters. The lowest BCUT2D eigenvalue weighted by molar-refractivity contribution is -0.384. The number of hydrogen-bond donors (Lipinski definition) is 0. The molecule has 2 aliphatic rings. The van der Waals surface area contributed by atoms with Crippen molar-refractivity contribution in [2.75, 3.05) is 31.1 Å². The van der Waals surface area contributed by atoms with Gasteiger partial charge in [0.2, 0.25) is 0 Å². The van der Waals surface area contributed by atoms with Gasteiger partial charge in [0.15, 0.2) is 0 Å². The quantitative estimate of drug-likeness (QED) is 0.328. The van der Waals surface area contributed by atoms with Gasteiger partial charge in [-0.15, -0.1) is 0 Å². The fourth-order valence-corrected chi connectivity index (χ4v) is 5.50. The molecule has 2 saturated heterocycles. The molecular weight excluding hydrogens is 475 g/mol. The van der Waals surface area contributed by atoms with E-state index < -0.39 is 4.92 Å². The second-order valence-corrected chi connectivity index (χ2v) is 10.0. The van der Waals surface area contributed by atoms with Crippen molar-refractivity contribution in [3.05, 3.63) is 74.4 Å². The number of carbonyl (C=O) groups is 1. The molecule has 2 aromatic carbocycles. The molecule has 2 fully saturated rings. The summed E-state index contributed by atoms with van der Waals surface area (Å²) in [7, 11) is 0. The fourth-order valence-electron chi connectivity index (χ4n) is 5.21. The van der Waals surface area contributed by atoms with E-state index in [2.05, 4.69) is 9.88 Å². The van der Waals surface area contributed by atoms with Crippen molar-refractivity contribution >= 4 is 51.4 Å². The molecular formula is C25H24Cl2N4O3. The van der Waals surface area contributed by atoms with Crippen LogP contribution in [-0.2, 0) is 0 Å². The molecule has 0 aliphatic carbocycles. The van der Waals surface area contributed by atoms with Crippen molar-refractivity contribution in [2.45, 2.75) is 25.7 Å². The third kappa shape index (κ3) is 4.30. The van der Waals surface area contributed by atoms with Crippen molar-refractivity contribution in [1.29, 1.82) is 0 Å².